The predicted octanol–water partition coefficient (Wildman–Crippen LogP) is 2.09. The van der Waals surface area contributed by atoms with Crippen LogP contribution in [-0.2, 0) is 27.4 Å². The number of hydrogen-bond donors (Lipinski definition) is 1. The Morgan fingerprint density at radius 3 is 2.14 bits per heavy atom. The van der Waals surface area contributed by atoms with E-state index in [1.54, 1.807) is 0 Å². The Labute approximate surface area is 123 Å². The van der Waals surface area contributed by atoms with Gasteiger partial charge in [0.15, 0.2) is 0 Å². The first kappa shape index (κ1) is 14.8. The molecule has 0 aliphatic heterocycles. The summed E-state index contributed by atoms with van der Waals surface area (Å²) >= 11 is 0. The molecule has 0 radical (unpaired) electrons. The van der Waals surface area contributed by atoms with E-state index in [-0.39, 0.29) is 6.61 Å². The molecule has 2 aromatic rings. The Morgan fingerprint density at radius 2 is 1.57 bits per heavy atom. The van der Waals surface area contributed by atoms with Crippen molar-refractivity contribution in [2.45, 2.75) is 19.1 Å². The van der Waals surface area contributed by atoms with Crippen molar-refractivity contribution in [1.29, 1.82) is 0 Å². The largest absolute Gasteiger partial charge is 0.459 e. The zero-order chi connectivity index (χ0) is 14.9. The van der Waals surface area contributed by atoms with Gasteiger partial charge in [0.1, 0.15) is 12.6 Å². The third-order valence-corrected chi connectivity index (χ3v) is 3.06. The molecule has 4 nitrogen and oxygen atoms in total. The highest BCUT2D eigenvalue weighted by Crippen LogP contribution is 2.06. The Hall–Kier alpha value is -2.62. The molecule has 2 aromatic carbocycles. The molecule has 0 saturated carbocycles. The van der Waals surface area contributed by atoms with Gasteiger partial charge in [0, 0.05) is 6.42 Å². The molecule has 0 aliphatic rings. The molecule has 0 bridgehead atoms. The van der Waals surface area contributed by atoms with Crippen molar-refractivity contribution in [3.8, 4) is 0 Å². The van der Waals surface area contributed by atoms with Crippen LogP contribution in [0.1, 0.15) is 11.1 Å². The fourth-order valence-electron chi connectivity index (χ4n) is 1.97. The molecule has 0 spiro atoms. The first-order valence-electron chi connectivity index (χ1n) is 6.74. The van der Waals surface area contributed by atoms with Gasteiger partial charge in [-0.1, -0.05) is 60.7 Å². The topological polar surface area (TPSA) is 55.4 Å². The summed E-state index contributed by atoms with van der Waals surface area (Å²) in [6.45, 7) is 0.200. The van der Waals surface area contributed by atoms with Gasteiger partial charge >= 0.3 is 5.97 Å². The molecule has 1 amide bonds. The minimum Gasteiger partial charge on any atom is -0.459 e. The summed E-state index contributed by atoms with van der Waals surface area (Å²) in [5.74, 6) is -0.435. The van der Waals surface area contributed by atoms with Gasteiger partial charge in [0.05, 0.1) is 0 Å². The molecule has 1 atom stereocenters. The van der Waals surface area contributed by atoms with Crippen LogP contribution in [0.3, 0.4) is 0 Å². The molecular weight excluding hydrogens is 266 g/mol. The first-order chi connectivity index (χ1) is 10.3. The van der Waals surface area contributed by atoms with Crippen molar-refractivity contribution < 1.29 is 14.3 Å². The van der Waals surface area contributed by atoms with Crippen molar-refractivity contribution >= 4 is 12.4 Å². The van der Waals surface area contributed by atoms with E-state index in [4.69, 9.17) is 4.74 Å². The molecular formula is C17H17NO3. The quantitative estimate of drug-likeness (QED) is 0.625. The number of esters is 1. The van der Waals surface area contributed by atoms with E-state index in [0.717, 1.165) is 11.1 Å². The second-order valence-electron chi connectivity index (χ2n) is 4.62. The molecule has 4 heteroatoms. The molecule has 0 aliphatic carbocycles. The van der Waals surface area contributed by atoms with Gasteiger partial charge in [-0.3, -0.25) is 4.79 Å². The van der Waals surface area contributed by atoms with Crippen molar-refractivity contribution in [3.05, 3.63) is 71.8 Å². The van der Waals surface area contributed by atoms with Gasteiger partial charge in [-0.2, -0.15) is 0 Å². The maximum absolute atomic E-state index is 12.1. The van der Waals surface area contributed by atoms with Crippen LogP contribution < -0.4 is 5.32 Å². The van der Waals surface area contributed by atoms with Crippen molar-refractivity contribution in [3.63, 3.8) is 0 Å². The van der Waals surface area contributed by atoms with E-state index in [9.17, 15) is 9.59 Å². The number of carbonyl (C=O) groups excluding carboxylic acids is 2. The second-order valence-corrected chi connectivity index (χ2v) is 4.62. The lowest BCUT2D eigenvalue weighted by atomic mass is 10.1. The summed E-state index contributed by atoms with van der Waals surface area (Å²) in [6, 6.07) is 18.3. The van der Waals surface area contributed by atoms with Crippen LogP contribution in [0.25, 0.3) is 0 Å². The Bertz CT molecular complexity index is 569. The van der Waals surface area contributed by atoms with Crippen LogP contribution in [0.4, 0.5) is 0 Å². The molecule has 0 saturated heterocycles. The molecule has 0 aromatic heterocycles. The smallest absolute Gasteiger partial charge is 0.329 e. The van der Waals surface area contributed by atoms with Crippen LogP contribution in [0.15, 0.2) is 60.7 Å². The Morgan fingerprint density at radius 1 is 1.00 bits per heavy atom. The number of amides is 1. The summed E-state index contributed by atoms with van der Waals surface area (Å²) in [4.78, 5) is 22.7. The summed E-state index contributed by atoms with van der Waals surface area (Å²) in [6.07, 6.45) is 0.935. The van der Waals surface area contributed by atoms with Crippen molar-refractivity contribution in [2.75, 3.05) is 0 Å². The normalized spacial score (nSPS) is 11.4. The highest BCUT2D eigenvalue weighted by atomic mass is 16.5. The standard InChI is InChI=1S/C17H17NO3/c19-13-18-16(11-14-7-3-1-4-8-14)17(20)21-12-15-9-5-2-6-10-15/h1-10,13,16H,11-12H2,(H,18,19)/t16-/m0/s1. The Kier molecular flexibility index (Phi) is 5.52. The van der Waals surface area contributed by atoms with E-state index in [0.29, 0.717) is 12.8 Å². The lowest BCUT2D eigenvalue weighted by Crippen LogP contribution is -2.39. The van der Waals surface area contributed by atoms with E-state index >= 15 is 0 Å². The molecule has 0 fully saturated rings. The van der Waals surface area contributed by atoms with Gasteiger partial charge in [0.2, 0.25) is 6.41 Å². The minimum absolute atomic E-state index is 0.200. The average Bonchev–Trinajstić information content (AvgIpc) is 2.54. The third-order valence-electron chi connectivity index (χ3n) is 3.06. The van der Waals surface area contributed by atoms with Crippen LogP contribution in [0.5, 0.6) is 0 Å². The second kappa shape index (κ2) is 7.85. The van der Waals surface area contributed by atoms with Crippen molar-refractivity contribution in [2.24, 2.45) is 0 Å². The number of ether oxygens (including phenoxy) is 1. The predicted molar refractivity (Wildman–Crippen MR) is 79.4 cm³/mol. The van der Waals surface area contributed by atoms with Gasteiger partial charge in [-0.15, -0.1) is 0 Å². The van der Waals surface area contributed by atoms with Gasteiger partial charge < -0.3 is 10.1 Å². The number of rotatable bonds is 7. The number of nitrogens with one attached hydrogen (secondary N) is 1. The zero-order valence-corrected chi connectivity index (χ0v) is 11.6. The zero-order valence-electron chi connectivity index (χ0n) is 11.6. The number of carbonyl (C=O) groups is 2. The number of hydrogen-bond acceptors (Lipinski definition) is 3. The molecule has 2 rings (SSSR count). The molecule has 0 unspecified atom stereocenters. The van der Waals surface area contributed by atoms with E-state index in [1.165, 1.54) is 0 Å². The van der Waals surface area contributed by atoms with Gasteiger partial charge in [-0.25, -0.2) is 4.79 Å². The molecule has 21 heavy (non-hydrogen) atoms. The summed E-state index contributed by atoms with van der Waals surface area (Å²) in [5.41, 5.74) is 1.88. The van der Waals surface area contributed by atoms with Crippen molar-refractivity contribution in [1.82, 2.24) is 5.32 Å². The third kappa shape index (κ3) is 4.76. The Balaban J connectivity index is 1.94. The monoisotopic (exact) mass is 283 g/mol. The summed E-state index contributed by atoms with van der Waals surface area (Å²) in [5, 5.41) is 2.51. The number of benzene rings is 2. The maximum Gasteiger partial charge on any atom is 0.329 e. The van der Waals surface area contributed by atoms with E-state index in [1.807, 2.05) is 60.7 Å². The highest BCUT2D eigenvalue weighted by molar-refractivity contribution is 5.78. The average molecular weight is 283 g/mol. The lowest BCUT2D eigenvalue weighted by molar-refractivity contribution is -0.148. The maximum atomic E-state index is 12.1. The molecule has 108 valence electrons. The van der Waals surface area contributed by atoms with Crippen LogP contribution in [0.2, 0.25) is 0 Å². The summed E-state index contributed by atoms with van der Waals surface area (Å²) in [7, 11) is 0. The van der Waals surface area contributed by atoms with Gasteiger partial charge in [0.25, 0.3) is 0 Å². The highest BCUT2D eigenvalue weighted by Gasteiger charge is 2.19. The van der Waals surface area contributed by atoms with Crippen LogP contribution in [-0.4, -0.2) is 18.4 Å². The van der Waals surface area contributed by atoms with E-state index in [2.05, 4.69) is 5.32 Å². The first-order valence-corrected chi connectivity index (χ1v) is 6.74. The SMILES string of the molecule is O=CN[C@@H](Cc1ccccc1)C(=O)OCc1ccccc1. The van der Waals surface area contributed by atoms with Crippen LogP contribution >= 0.6 is 0 Å². The minimum atomic E-state index is -0.673. The van der Waals surface area contributed by atoms with E-state index < -0.39 is 12.0 Å². The van der Waals surface area contributed by atoms with Gasteiger partial charge in [-0.05, 0) is 11.1 Å². The molecule has 1 N–H and O–H groups in total. The lowest BCUT2D eigenvalue weighted by Gasteiger charge is -2.15. The summed E-state index contributed by atoms with van der Waals surface area (Å²) < 4.78 is 5.25. The molecule has 0 heterocycles. The van der Waals surface area contributed by atoms with Crippen LogP contribution in [0, 0.1) is 0 Å². The fourth-order valence-corrected chi connectivity index (χ4v) is 1.97. The fraction of sp³-hybridized carbons (Fsp3) is 0.176.